The van der Waals surface area contributed by atoms with Gasteiger partial charge >= 0.3 is 0 Å². The largest absolute Gasteiger partial charge is 0.389 e. The predicted molar refractivity (Wildman–Crippen MR) is 64.1 cm³/mol. The van der Waals surface area contributed by atoms with Gasteiger partial charge in [-0.1, -0.05) is 6.42 Å². The van der Waals surface area contributed by atoms with Gasteiger partial charge in [-0.15, -0.1) is 0 Å². The Balaban J connectivity index is 2.12. The van der Waals surface area contributed by atoms with Gasteiger partial charge < -0.3 is 14.9 Å². The summed E-state index contributed by atoms with van der Waals surface area (Å²) in [4.78, 5) is 4.75. The van der Waals surface area contributed by atoms with Gasteiger partial charge in [0.15, 0.2) is 0 Å². The fourth-order valence-electron chi connectivity index (χ4n) is 2.23. The molecule has 0 atom stereocenters. The molecule has 1 N–H and O–H groups in total. The van der Waals surface area contributed by atoms with Gasteiger partial charge in [-0.25, -0.2) is 0 Å². The van der Waals surface area contributed by atoms with E-state index in [9.17, 15) is 5.11 Å². The average molecular weight is 214 g/mol. The number of rotatable bonds is 5. The smallest absolute Gasteiger partial charge is 0.0718 e. The van der Waals surface area contributed by atoms with E-state index in [1.807, 2.05) is 13.8 Å². The zero-order valence-corrected chi connectivity index (χ0v) is 10.5. The molecule has 1 fully saturated rings. The molecule has 1 aliphatic heterocycles. The molecule has 3 heteroatoms. The van der Waals surface area contributed by atoms with E-state index in [0.717, 1.165) is 19.6 Å². The van der Waals surface area contributed by atoms with E-state index in [2.05, 4.69) is 16.8 Å². The van der Waals surface area contributed by atoms with Crippen molar-refractivity contribution in [3.8, 4) is 0 Å². The summed E-state index contributed by atoms with van der Waals surface area (Å²) in [5.41, 5.74) is -0.573. The topological polar surface area (TPSA) is 26.7 Å². The number of likely N-dealkylation sites (N-methyl/N-ethyl adjacent to an activating group) is 1. The summed E-state index contributed by atoms with van der Waals surface area (Å²) in [6.45, 7) is 9.21. The minimum Gasteiger partial charge on any atom is -0.389 e. The molecule has 0 amide bonds. The van der Waals surface area contributed by atoms with Crippen LogP contribution in [-0.2, 0) is 0 Å². The second-order valence-electron chi connectivity index (χ2n) is 5.45. The van der Waals surface area contributed by atoms with Crippen molar-refractivity contribution in [2.45, 2.75) is 38.7 Å². The summed E-state index contributed by atoms with van der Waals surface area (Å²) in [6, 6.07) is 0. The molecule has 1 heterocycles. The maximum atomic E-state index is 9.67. The van der Waals surface area contributed by atoms with Gasteiger partial charge in [0.2, 0.25) is 0 Å². The molecule has 0 bridgehead atoms. The van der Waals surface area contributed by atoms with Crippen LogP contribution < -0.4 is 0 Å². The molecule has 1 aliphatic rings. The Hall–Kier alpha value is -0.120. The van der Waals surface area contributed by atoms with E-state index < -0.39 is 5.60 Å². The lowest BCUT2D eigenvalue weighted by molar-refractivity contribution is 0.0411. The van der Waals surface area contributed by atoms with Crippen LogP contribution in [0.5, 0.6) is 0 Å². The third-order valence-electron chi connectivity index (χ3n) is 2.90. The molecule has 3 nitrogen and oxygen atoms in total. The third kappa shape index (κ3) is 6.13. The van der Waals surface area contributed by atoms with Crippen LogP contribution in [0.1, 0.15) is 33.1 Å². The Labute approximate surface area is 94.1 Å². The lowest BCUT2D eigenvalue weighted by Gasteiger charge is -2.30. The standard InChI is InChI=1S/C12H26N2O/c1-12(2,15)11-13(3)9-10-14-7-5-4-6-8-14/h15H,4-11H2,1-3H3. The average Bonchev–Trinajstić information content (AvgIpc) is 2.14. The summed E-state index contributed by atoms with van der Waals surface area (Å²) in [7, 11) is 2.09. The van der Waals surface area contributed by atoms with Crippen molar-refractivity contribution in [2.24, 2.45) is 0 Å². The van der Waals surface area contributed by atoms with E-state index in [4.69, 9.17) is 0 Å². The Morgan fingerprint density at radius 3 is 2.33 bits per heavy atom. The van der Waals surface area contributed by atoms with Crippen LogP contribution in [0, 0.1) is 0 Å². The van der Waals surface area contributed by atoms with Crippen molar-refractivity contribution in [1.29, 1.82) is 0 Å². The number of likely N-dealkylation sites (tertiary alicyclic amines) is 1. The van der Waals surface area contributed by atoms with E-state index in [0.29, 0.717) is 0 Å². The maximum absolute atomic E-state index is 9.67. The summed E-state index contributed by atoms with van der Waals surface area (Å²) >= 11 is 0. The fraction of sp³-hybridized carbons (Fsp3) is 1.00. The summed E-state index contributed by atoms with van der Waals surface area (Å²) < 4.78 is 0. The number of nitrogens with zero attached hydrogens (tertiary/aromatic N) is 2. The molecule has 1 saturated heterocycles. The molecule has 0 aromatic carbocycles. The quantitative estimate of drug-likeness (QED) is 0.744. The van der Waals surface area contributed by atoms with Crippen LogP contribution in [0.2, 0.25) is 0 Å². The first-order valence-electron chi connectivity index (χ1n) is 6.11. The highest BCUT2D eigenvalue weighted by atomic mass is 16.3. The minimum atomic E-state index is -0.573. The Morgan fingerprint density at radius 2 is 1.80 bits per heavy atom. The lowest BCUT2D eigenvalue weighted by atomic mass is 10.1. The molecule has 0 aromatic rings. The van der Waals surface area contributed by atoms with Gasteiger partial charge in [-0.3, -0.25) is 0 Å². The van der Waals surface area contributed by atoms with Crippen molar-refractivity contribution in [1.82, 2.24) is 9.80 Å². The molecule has 0 radical (unpaired) electrons. The zero-order chi connectivity index (χ0) is 11.3. The first kappa shape index (κ1) is 12.9. The van der Waals surface area contributed by atoms with Crippen molar-refractivity contribution in [3.05, 3.63) is 0 Å². The van der Waals surface area contributed by atoms with E-state index in [1.54, 1.807) is 0 Å². The Bertz CT molecular complexity index is 171. The third-order valence-corrected chi connectivity index (χ3v) is 2.90. The highest BCUT2D eigenvalue weighted by molar-refractivity contribution is 4.72. The van der Waals surface area contributed by atoms with Crippen molar-refractivity contribution in [2.75, 3.05) is 39.8 Å². The molecule has 0 unspecified atom stereocenters. The van der Waals surface area contributed by atoms with Crippen LogP contribution in [0.3, 0.4) is 0 Å². The molecular formula is C12H26N2O. The Kier molecular flexibility index (Phi) is 5.03. The first-order chi connectivity index (χ1) is 6.97. The van der Waals surface area contributed by atoms with Gasteiger partial charge in [0.1, 0.15) is 0 Å². The molecule has 15 heavy (non-hydrogen) atoms. The monoisotopic (exact) mass is 214 g/mol. The summed E-state index contributed by atoms with van der Waals surface area (Å²) in [6.07, 6.45) is 4.11. The highest BCUT2D eigenvalue weighted by Gasteiger charge is 2.16. The van der Waals surface area contributed by atoms with Gasteiger partial charge in [0, 0.05) is 19.6 Å². The second-order valence-corrected chi connectivity index (χ2v) is 5.45. The molecule has 0 spiro atoms. The van der Waals surface area contributed by atoms with E-state index in [-0.39, 0.29) is 0 Å². The maximum Gasteiger partial charge on any atom is 0.0718 e. The van der Waals surface area contributed by atoms with Gasteiger partial charge in [0.25, 0.3) is 0 Å². The SMILES string of the molecule is CN(CCN1CCCCC1)CC(C)(C)O. The van der Waals surface area contributed by atoms with Gasteiger partial charge in [-0.2, -0.15) is 0 Å². The summed E-state index contributed by atoms with van der Waals surface area (Å²) in [5.74, 6) is 0. The molecule has 0 aliphatic carbocycles. The van der Waals surface area contributed by atoms with E-state index >= 15 is 0 Å². The van der Waals surface area contributed by atoms with Crippen molar-refractivity contribution >= 4 is 0 Å². The van der Waals surface area contributed by atoms with Crippen molar-refractivity contribution < 1.29 is 5.11 Å². The molecule has 1 rings (SSSR count). The minimum absolute atomic E-state index is 0.573. The first-order valence-corrected chi connectivity index (χ1v) is 6.11. The normalized spacial score (nSPS) is 19.8. The molecular weight excluding hydrogens is 188 g/mol. The predicted octanol–water partition coefficient (Wildman–Crippen LogP) is 1.17. The van der Waals surface area contributed by atoms with Crippen LogP contribution >= 0.6 is 0 Å². The van der Waals surface area contributed by atoms with Gasteiger partial charge in [0.05, 0.1) is 5.60 Å². The lowest BCUT2D eigenvalue weighted by Crippen LogP contribution is -2.41. The molecule has 90 valence electrons. The highest BCUT2D eigenvalue weighted by Crippen LogP contribution is 2.08. The van der Waals surface area contributed by atoms with Crippen LogP contribution in [0.4, 0.5) is 0 Å². The molecule has 0 aromatic heterocycles. The second kappa shape index (κ2) is 5.83. The van der Waals surface area contributed by atoms with Crippen LogP contribution in [-0.4, -0.2) is 60.3 Å². The van der Waals surface area contributed by atoms with Crippen molar-refractivity contribution in [3.63, 3.8) is 0 Å². The van der Waals surface area contributed by atoms with Crippen LogP contribution in [0.15, 0.2) is 0 Å². The number of aliphatic hydroxyl groups is 1. The van der Waals surface area contributed by atoms with Crippen LogP contribution in [0.25, 0.3) is 0 Å². The fourth-order valence-corrected chi connectivity index (χ4v) is 2.23. The summed E-state index contributed by atoms with van der Waals surface area (Å²) in [5, 5.41) is 9.67. The Morgan fingerprint density at radius 1 is 1.20 bits per heavy atom. The molecule has 0 saturated carbocycles. The van der Waals surface area contributed by atoms with Gasteiger partial charge in [-0.05, 0) is 46.8 Å². The zero-order valence-electron chi connectivity index (χ0n) is 10.5. The number of hydrogen-bond donors (Lipinski definition) is 1. The van der Waals surface area contributed by atoms with E-state index in [1.165, 1.54) is 32.4 Å². The number of piperidine rings is 1. The number of hydrogen-bond acceptors (Lipinski definition) is 3.